The van der Waals surface area contributed by atoms with Gasteiger partial charge in [0, 0.05) is 16.6 Å². The molecule has 3 rings (SSSR count). The summed E-state index contributed by atoms with van der Waals surface area (Å²) in [6, 6.07) is 9.40. The van der Waals surface area contributed by atoms with Gasteiger partial charge in [0.05, 0.1) is 11.2 Å². The van der Waals surface area contributed by atoms with Crippen LogP contribution in [0.2, 0.25) is 0 Å². The van der Waals surface area contributed by atoms with Crippen LogP contribution in [0, 0.1) is 19.7 Å². The number of aromatic nitrogens is 3. The minimum Gasteiger partial charge on any atom is -0.304 e. The van der Waals surface area contributed by atoms with Crippen molar-refractivity contribution < 1.29 is 4.39 Å². The van der Waals surface area contributed by atoms with Crippen molar-refractivity contribution in [1.29, 1.82) is 0 Å². The predicted molar refractivity (Wildman–Crippen MR) is 75.0 cm³/mol. The van der Waals surface area contributed by atoms with Crippen LogP contribution in [0.1, 0.15) is 11.4 Å². The Morgan fingerprint density at radius 2 is 1.90 bits per heavy atom. The van der Waals surface area contributed by atoms with E-state index >= 15 is 0 Å². The third-order valence-corrected chi connectivity index (χ3v) is 3.13. The molecule has 0 fully saturated rings. The zero-order valence-corrected chi connectivity index (χ0v) is 11.1. The molecule has 2 aromatic heterocycles. The molecule has 0 bridgehead atoms. The Morgan fingerprint density at radius 3 is 2.65 bits per heavy atom. The SMILES string of the molecule is Cc1cc(-c2nc(C)c(F)c(=O)[nH]2)c2ccccc2n1. The molecule has 20 heavy (non-hydrogen) atoms. The third-order valence-electron chi connectivity index (χ3n) is 3.13. The Labute approximate surface area is 114 Å². The number of hydrogen-bond acceptors (Lipinski definition) is 3. The second kappa shape index (κ2) is 4.52. The molecule has 0 spiro atoms. The molecule has 5 heteroatoms. The molecule has 2 heterocycles. The van der Waals surface area contributed by atoms with Crippen LogP contribution in [0.15, 0.2) is 35.1 Å². The lowest BCUT2D eigenvalue weighted by Crippen LogP contribution is -2.15. The lowest BCUT2D eigenvalue weighted by atomic mass is 10.1. The molecule has 0 radical (unpaired) electrons. The maximum Gasteiger partial charge on any atom is 0.287 e. The second-order valence-corrected chi connectivity index (χ2v) is 4.64. The summed E-state index contributed by atoms with van der Waals surface area (Å²) in [5.41, 5.74) is 1.69. The van der Waals surface area contributed by atoms with Crippen LogP contribution in [0.5, 0.6) is 0 Å². The quantitative estimate of drug-likeness (QED) is 0.739. The van der Waals surface area contributed by atoms with Crippen molar-refractivity contribution in [3.05, 3.63) is 57.9 Å². The monoisotopic (exact) mass is 269 g/mol. The maximum absolute atomic E-state index is 13.4. The molecule has 0 unspecified atom stereocenters. The van der Waals surface area contributed by atoms with Crippen molar-refractivity contribution in [1.82, 2.24) is 15.0 Å². The molecule has 100 valence electrons. The average Bonchev–Trinajstić information content (AvgIpc) is 2.43. The molecule has 0 saturated carbocycles. The van der Waals surface area contributed by atoms with Gasteiger partial charge in [0.15, 0.2) is 0 Å². The number of hydrogen-bond donors (Lipinski definition) is 1. The van der Waals surface area contributed by atoms with E-state index in [4.69, 9.17) is 0 Å². The fraction of sp³-hybridized carbons (Fsp3) is 0.133. The van der Waals surface area contributed by atoms with Crippen LogP contribution in [0.3, 0.4) is 0 Å². The standard InChI is InChI=1S/C15H12FN3O/c1-8-7-11(10-5-3-4-6-12(10)17-8)14-18-9(2)13(16)15(20)19-14/h3-7H,1-2H3,(H,18,19,20). The van der Waals surface area contributed by atoms with Gasteiger partial charge in [0.1, 0.15) is 5.82 Å². The van der Waals surface area contributed by atoms with Crippen LogP contribution in [0.25, 0.3) is 22.3 Å². The fourth-order valence-electron chi connectivity index (χ4n) is 2.20. The number of nitrogens with one attached hydrogen (secondary N) is 1. The van der Waals surface area contributed by atoms with E-state index < -0.39 is 11.4 Å². The van der Waals surface area contributed by atoms with Crippen molar-refractivity contribution in [2.45, 2.75) is 13.8 Å². The Morgan fingerprint density at radius 1 is 1.15 bits per heavy atom. The zero-order valence-electron chi connectivity index (χ0n) is 11.1. The van der Waals surface area contributed by atoms with Crippen LogP contribution in [-0.2, 0) is 0 Å². The summed E-state index contributed by atoms with van der Waals surface area (Å²) in [6.07, 6.45) is 0. The summed E-state index contributed by atoms with van der Waals surface area (Å²) >= 11 is 0. The van der Waals surface area contributed by atoms with Gasteiger partial charge < -0.3 is 4.98 Å². The number of pyridine rings is 1. The third kappa shape index (κ3) is 1.97. The Kier molecular flexibility index (Phi) is 2.82. The first-order chi connectivity index (χ1) is 9.56. The number of aromatic amines is 1. The minimum absolute atomic E-state index is 0.0855. The van der Waals surface area contributed by atoms with Gasteiger partial charge in [-0.15, -0.1) is 0 Å². The fourth-order valence-corrected chi connectivity index (χ4v) is 2.20. The van der Waals surface area contributed by atoms with Crippen LogP contribution < -0.4 is 5.56 Å². The van der Waals surface area contributed by atoms with Crippen LogP contribution in [0.4, 0.5) is 4.39 Å². The molecule has 0 atom stereocenters. The molecule has 4 nitrogen and oxygen atoms in total. The number of halogens is 1. The van der Waals surface area contributed by atoms with Gasteiger partial charge in [0.25, 0.3) is 5.56 Å². The molecular formula is C15H12FN3O. The normalized spacial score (nSPS) is 10.9. The van der Waals surface area contributed by atoms with E-state index in [1.165, 1.54) is 6.92 Å². The summed E-state index contributed by atoms with van der Waals surface area (Å²) in [4.78, 5) is 22.6. The van der Waals surface area contributed by atoms with Crippen molar-refractivity contribution in [2.75, 3.05) is 0 Å². The second-order valence-electron chi connectivity index (χ2n) is 4.64. The molecule has 0 aliphatic rings. The lowest BCUT2D eigenvalue weighted by Gasteiger charge is -2.08. The number of fused-ring (bicyclic) bond motifs is 1. The molecule has 3 aromatic rings. The molecule has 0 aliphatic heterocycles. The number of rotatable bonds is 1. The largest absolute Gasteiger partial charge is 0.304 e. The minimum atomic E-state index is -0.844. The molecule has 0 saturated heterocycles. The summed E-state index contributed by atoms with van der Waals surface area (Å²) in [7, 11) is 0. The first kappa shape index (κ1) is 12.5. The lowest BCUT2D eigenvalue weighted by molar-refractivity contribution is 0.589. The van der Waals surface area contributed by atoms with E-state index in [1.807, 2.05) is 37.3 Å². The molecule has 1 N–H and O–H groups in total. The highest BCUT2D eigenvalue weighted by atomic mass is 19.1. The number of H-pyrrole nitrogens is 1. The first-order valence-corrected chi connectivity index (χ1v) is 6.19. The Bertz CT molecular complexity index is 871. The van der Waals surface area contributed by atoms with Gasteiger partial charge in [-0.05, 0) is 26.0 Å². The van der Waals surface area contributed by atoms with Gasteiger partial charge in [-0.2, -0.15) is 4.39 Å². The van der Waals surface area contributed by atoms with Crippen molar-refractivity contribution in [2.24, 2.45) is 0 Å². The summed E-state index contributed by atoms with van der Waals surface area (Å²) < 4.78 is 13.4. The van der Waals surface area contributed by atoms with E-state index in [-0.39, 0.29) is 5.69 Å². The van der Waals surface area contributed by atoms with Crippen molar-refractivity contribution in [3.8, 4) is 11.4 Å². The molecule has 0 aliphatic carbocycles. The molecule has 1 aromatic carbocycles. The van der Waals surface area contributed by atoms with E-state index in [1.54, 1.807) is 0 Å². The number of benzene rings is 1. The van der Waals surface area contributed by atoms with Gasteiger partial charge in [-0.25, -0.2) is 4.98 Å². The topological polar surface area (TPSA) is 58.6 Å². The molecule has 0 amide bonds. The Balaban J connectivity index is 2.37. The van der Waals surface area contributed by atoms with Crippen LogP contribution in [-0.4, -0.2) is 15.0 Å². The van der Waals surface area contributed by atoms with Crippen molar-refractivity contribution in [3.63, 3.8) is 0 Å². The number of para-hydroxylation sites is 1. The highest BCUT2D eigenvalue weighted by Gasteiger charge is 2.12. The summed E-state index contributed by atoms with van der Waals surface area (Å²) in [5.74, 6) is -0.487. The summed E-state index contributed by atoms with van der Waals surface area (Å²) in [5, 5.41) is 0.868. The van der Waals surface area contributed by atoms with Gasteiger partial charge in [-0.1, -0.05) is 18.2 Å². The first-order valence-electron chi connectivity index (χ1n) is 6.19. The predicted octanol–water partition coefficient (Wildman–Crippen LogP) is 2.74. The number of aryl methyl sites for hydroxylation is 2. The Hall–Kier alpha value is -2.56. The highest BCUT2D eigenvalue weighted by Crippen LogP contribution is 2.25. The highest BCUT2D eigenvalue weighted by molar-refractivity contribution is 5.92. The van der Waals surface area contributed by atoms with E-state index in [0.29, 0.717) is 5.82 Å². The van der Waals surface area contributed by atoms with E-state index in [0.717, 1.165) is 22.2 Å². The van der Waals surface area contributed by atoms with Gasteiger partial charge >= 0.3 is 0 Å². The van der Waals surface area contributed by atoms with Crippen LogP contribution >= 0.6 is 0 Å². The van der Waals surface area contributed by atoms with Crippen molar-refractivity contribution >= 4 is 10.9 Å². The van der Waals surface area contributed by atoms with Gasteiger partial charge in [0.2, 0.25) is 5.82 Å². The smallest absolute Gasteiger partial charge is 0.287 e. The zero-order chi connectivity index (χ0) is 14.3. The maximum atomic E-state index is 13.4. The van der Waals surface area contributed by atoms with E-state index in [9.17, 15) is 9.18 Å². The number of nitrogens with zero attached hydrogens (tertiary/aromatic N) is 2. The van der Waals surface area contributed by atoms with E-state index in [2.05, 4.69) is 15.0 Å². The molecular weight excluding hydrogens is 257 g/mol. The summed E-state index contributed by atoms with van der Waals surface area (Å²) in [6.45, 7) is 3.34. The average molecular weight is 269 g/mol. The van der Waals surface area contributed by atoms with Gasteiger partial charge in [-0.3, -0.25) is 9.78 Å².